The van der Waals surface area contributed by atoms with Crippen molar-refractivity contribution in [3.05, 3.63) is 41.7 Å². The highest BCUT2D eigenvalue weighted by molar-refractivity contribution is 5.65. The summed E-state index contributed by atoms with van der Waals surface area (Å²) in [4.78, 5) is 10.8. The first-order valence-corrected chi connectivity index (χ1v) is 7.83. The molecule has 0 bridgehead atoms. The molecule has 0 saturated carbocycles. The molecule has 0 unspecified atom stereocenters. The number of hydrogen-bond acceptors (Lipinski definition) is 4. The number of aryl methyl sites for hydroxylation is 1. The summed E-state index contributed by atoms with van der Waals surface area (Å²) >= 11 is 0. The topological polar surface area (TPSA) is 57.0 Å². The fourth-order valence-electron chi connectivity index (χ4n) is 2.24. The molecule has 2 rings (SSSR count). The van der Waals surface area contributed by atoms with Crippen LogP contribution in [-0.2, 0) is 22.6 Å². The molecule has 0 N–H and O–H groups in total. The van der Waals surface area contributed by atoms with E-state index in [0.717, 1.165) is 12.1 Å². The number of unbranched alkanes of at least 4 members (excludes halogenated alkanes) is 3. The van der Waals surface area contributed by atoms with Crippen molar-refractivity contribution in [2.75, 3.05) is 0 Å². The average molecular weight is 301 g/mol. The fraction of sp³-hybridized carbons (Fsp3) is 0.471. The van der Waals surface area contributed by atoms with Crippen LogP contribution in [0.1, 0.15) is 50.8 Å². The number of rotatable bonds is 8. The van der Waals surface area contributed by atoms with E-state index in [9.17, 15) is 4.79 Å². The van der Waals surface area contributed by atoms with E-state index in [1.54, 1.807) is 10.9 Å². The number of aromatic nitrogens is 3. The van der Waals surface area contributed by atoms with Crippen molar-refractivity contribution >= 4 is 5.97 Å². The molecule has 0 radical (unpaired) electrons. The SMILES string of the molecule is CCCCCCc1ccc(-n2cc(COC(C)=O)nn2)cc1. The quantitative estimate of drug-likeness (QED) is 0.553. The van der Waals surface area contributed by atoms with E-state index in [-0.39, 0.29) is 12.6 Å². The Kier molecular flexibility index (Phi) is 6.13. The summed E-state index contributed by atoms with van der Waals surface area (Å²) in [5.41, 5.74) is 2.94. The minimum absolute atomic E-state index is 0.158. The maximum atomic E-state index is 10.8. The van der Waals surface area contributed by atoms with Crippen molar-refractivity contribution in [1.29, 1.82) is 0 Å². The molecule has 1 aromatic heterocycles. The molecule has 2 aromatic rings. The third-order valence-corrected chi connectivity index (χ3v) is 3.48. The molecule has 1 heterocycles. The maximum Gasteiger partial charge on any atom is 0.303 e. The van der Waals surface area contributed by atoms with E-state index in [1.165, 1.54) is 38.2 Å². The van der Waals surface area contributed by atoms with Gasteiger partial charge in [-0.25, -0.2) is 4.68 Å². The zero-order valence-electron chi connectivity index (χ0n) is 13.3. The van der Waals surface area contributed by atoms with Crippen molar-refractivity contribution in [3.8, 4) is 5.69 Å². The van der Waals surface area contributed by atoms with Crippen molar-refractivity contribution in [2.45, 2.75) is 52.6 Å². The number of hydrogen-bond donors (Lipinski definition) is 0. The molecule has 0 saturated heterocycles. The lowest BCUT2D eigenvalue weighted by Gasteiger charge is -2.04. The van der Waals surface area contributed by atoms with Crippen molar-refractivity contribution < 1.29 is 9.53 Å². The molecule has 0 fully saturated rings. The third-order valence-electron chi connectivity index (χ3n) is 3.48. The second kappa shape index (κ2) is 8.32. The number of benzene rings is 1. The van der Waals surface area contributed by atoms with Gasteiger partial charge >= 0.3 is 5.97 Å². The van der Waals surface area contributed by atoms with Crippen LogP contribution in [0, 0.1) is 0 Å². The van der Waals surface area contributed by atoms with Crippen LogP contribution in [0.3, 0.4) is 0 Å². The van der Waals surface area contributed by atoms with Crippen LogP contribution < -0.4 is 0 Å². The van der Waals surface area contributed by atoms with Crippen LogP contribution in [0.4, 0.5) is 0 Å². The summed E-state index contributed by atoms with van der Waals surface area (Å²) in [6.45, 7) is 3.76. The summed E-state index contributed by atoms with van der Waals surface area (Å²) in [5, 5.41) is 8.05. The highest BCUT2D eigenvalue weighted by Gasteiger charge is 2.04. The number of carbonyl (C=O) groups excluding carboxylic acids is 1. The molecule has 5 heteroatoms. The zero-order valence-corrected chi connectivity index (χ0v) is 13.3. The minimum atomic E-state index is -0.318. The highest BCUT2D eigenvalue weighted by atomic mass is 16.5. The van der Waals surface area contributed by atoms with E-state index < -0.39 is 0 Å². The average Bonchev–Trinajstić information content (AvgIpc) is 2.99. The predicted molar refractivity (Wildman–Crippen MR) is 84.7 cm³/mol. The van der Waals surface area contributed by atoms with E-state index in [0.29, 0.717) is 5.69 Å². The second-order valence-electron chi connectivity index (χ2n) is 5.41. The summed E-state index contributed by atoms with van der Waals surface area (Å²) in [6, 6.07) is 8.35. The summed E-state index contributed by atoms with van der Waals surface area (Å²) in [7, 11) is 0. The zero-order chi connectivity index (χ0) is 15.8. The molecular formula is C17H23N3O2. The second-order valence-corrected chi connectivity index (χ2v) is 5.41. The van der Waals surface area contributed by atoms with Gasteiger partial charge in [-0.1, -0.05) is 43.5 Å². The number of nitrogens with zero attached hydrogens (tertiary/aromatic N) is 3. The first kappa shape index (κ1) is 16.2. The van der Waals surface area contributed by atoms with Crippen molar-refractivity contribution in [2.24, 2.45) is 0 Å². The molecule has 0 atom stereocenters. The Hall–Kier alpha value is -2.17. The first-order valence-electron chi connectivity index (χ1n) is 7.83. The lowest BCUT2D eigenvalue weighted by molar-refractivity contribution is -0.142. The Morgan fingerprint density at radius 2 is 1.95 bits per heavy atom. The summed E-state index contributed by atoms with van der Waals surface area (Å²) in [5.74, 6) is -0.318. The molecule has 5 nitrogen and oxygen atoms in total. The molecule has 0 aliphatic heterocycles. The number of ether oxygens (including phenoxy) is 1. The Morgan fingerprint density at radius 1 is 1.18 bits per heavy atom. The Morgan fingerprint density at radius 3 is 2.64 bits per heavy atom. The van der Waals surface area contributed by atoms with Gasteiger partial charge in [-0.2, -0.15) is 0 Å². The third kappa shape index (κ3) is 4.98. The highest BCUT2D eigenvalue weighted by Crippen LogP contribution is 2.12. The molecule has 22 heavy (non-hydrogen) atoms. The smallest absolute Gasteiger partial charge is 0.303 e. The molecule has 118 valence electrons. The lowest BCUT2D eigenvalue weighted by atomic mass is 10.1. The standard InChI is InChI=1S/C17H23N3O2/c1-3-4-5-6-7-15-8-10-17(11-9-15)20-12-16(18-19-20)13-22-14(2)21/h8-12H,3-7,13H2,1-2H3. The molecule has 0 aliphatic carbocycles. The van der Waals surface area contributed by atoms with Gasteiger partial charge in [0.25, 0.3) is 0 Å². The van der Waals surface area contributed by atoms with Crippen LogP contribution in [-0.4, -0.2) is 21.0 Å². The van der Waals surface area contributed by atoms with Gasteiger partial charge in [-0.3, -0.25) is 4.79 Å². The van der Waals surface area contributed by atoms with Gasteiger partial charge < -0.3 is 4.74 Å². The Bertz CT molecular complexity index is 590. The minimum Gasteiger partial charge on any atom is -0.459 e. The van der Waals surface area contributed by atoms with Gasteiger partial charge in [0, 0.05) is 6.92 Å². The van der Waals surface area contributed by atoms with Gasteiger partial charge in [0.1, 0.15) is 12.3 Å². The van der Waals surface area contributed by atoms with E-state index >= 15 is 0 Å². The molecule has 1 aromatic carbocycles. The first-order chi connectivity index (χ1) is 10.7. The normalized spacial score (nSPS) is 10.6. The molecular weight excluding hydrogens is 278 g/mol. The van der Waals surface area contributed by atoms with E-state index in [4.69, 9.17) is 4.74 Å². The lowest BCUT2D eigenvalue weighted by Crippen LogP contribution is -1.98. The molecule has 0 amide bonds. The van der Waals surface area contributed by atoms with Gasteiger partial charge in [-0.05, 0) is 30.5 Å². The van der Waals surface area contributed by atoms with Crippen molar-refractivity contribution in [1.82, 2.24) is 15.0 Å². The Labute approximate surface area is 131 Å². The predicted octanol–water partition coefficient (Wildman–Crippen LogP) is 3.45. The fourth-order valence-corrected chi connectivity index (χ4v) is 2.24. The van der Waals surface area contributed by atoms with Crippen LogP contribution in [0.5, 0.6) is 0 Å². The van der Waals surface area contributed by atoms with Gasteiger partial charge in [0.15, 0.2) is 0 Å². The van der Waals surface area contributed by atoms with Gasteiger partial charge in [0.2, 0.25) is 0 Å². The largest absolute Gasteiger partial charge is 0.459 e. The monoisotopic (exact) mass is 301 g/mol. The van der Waals surface area contributed by atoms with Crippen molar-refractivity contribution in [3.63, 3.8) is 0 Å². The number of esters is 1. The van der Waals surface area contributed by atoms with Crippen LogP contribution in [0.2, 0.25) is 0 Å². The maximum absolute atomic E-state index is 10.8. The Balaban J connectivity index is 1.91. The van der Waals surface area contributed by atoms with Crippen LogP contribution in [0.25, 0.3) is 5.69 Å². The number of carbonyl (C=O) groups is 1. The summed E-state index contributed by atoms with van der Waals surface area (Å²) < 4.78 is 6.60. The van der Waals surface area contributed by atoms with Crippen LogP contribution in [0.15, 0.2) is 30.5 Å². The molecule has 0 aliphatic rings. The van der Waals surface area contributed by atoms with Gasteiger partial charge in [-0.15, -0.1) is 5.10 Å². The van der Waals surface area contributed by atoms with E-state index in [2.05, 4.69) is 29.4 Å². The summed E-state index contributed by atoms with van der Waals surface area (Å²) in [6.07, 6.45) is 8.00. The van der Waals surface area contributed by atoms with E-state index in [1.807, 2.05) is 12.1 Å². The van der Waals surface area contributed by atoms with Crippen LogP contribution >= 0.6 is 0 Å². The molecule has 0 spiro atoms. The van der Waals surface area contributed by atoms with Gasteiger partial charge in [0.05, 0.1) is 11.9 Å².